The van der Waals surface area contributed by atoms with Crippen molar-refractivity contribution in [3.63, 3.8) is 0 Å². The molecule has 2 aromatic carbocycles. The van der Waals surface area contributed by atoms with Gasteiger partial charge in [-0.2, -0.15) is 0 Å². The first kappa shape index (κ1) is 40.1. The quantitative estimate of drug-likeness (QED) is 0.121. The molecular formula is C36H51N3O9. The number of hydrogen-bond donors (Lipinski definition) is 3. The molecule has 12 heteroatoms. The summed E-state index contributed by atoms with van der Waals surface area (Å²) >= 11 is 0. The number of carbonyl (C=O) groups excluding carboxylic acids is 3. The number of anilines is 1. The number of nitrogens with zero attached hydrogens (tertiary/aromatic N) is 1. The van der Waals surface area contributed by atoms with E-state index >= 15 is 0 Å². The average Bonchev–Trinajstić information content (AvgIpc) is 3.08. The third-order valence-corrected chi connectivity index (χ3v) is 7.19. The van der Waals surface area contributed by atoms with Crippen LogP contribution >= 0.6 is 0 Å². The number of aryl methyl sites for hydroxylation is 1. The van der Waals surface area contributed by atoms with Crippen molar-refractivity contribution in [1.82, 2.24) is 10.6 Å². The highest BCUT2D eigenvalue weighted by Crippen LogP contribution is 2.25. The van der Waals surface area contributed by atoms with Crippen LogP contribution in [0.2, 0.25) is 0 Å². The standard InChI is InChI=1S/C36H51N3O9/c1-3-29-10-5-6-12-31(29)28-39(32-13-8-7-11-30(32)4-2)35(42)16-18-37-33(40)14-9-15-34(41)38-19-21-46-23-25-48-27-26-47-24-22-45-20-17-36(43)44/h4-8,10-13H,2-3,9,14-28H2,1H3,(H,37,40)(H,38,41)(H,43,44). The van der Waals surface area contributed by atoms with E-state index in [0.29, 0.717) is 65.8 Å². The van der Waals surface area contributed by atoms with Gasteiger partial charge < -0.3 is 39.6 Å². The molecule has 2 rings (SSSR count). The van der Waals surface area contributed by atoms with Crippen molar-refractivity contribution in [3.8, 4) is 0 Å². The summed E-state index contributed by atoms with van der Waals surface area (Å²) in [6, 6.07) is 15.7. The molecule has 0 aliphatic rings. The molecule has 3 amide bonds. The molecule has 0 aliphatic carbocycles. The van der Waals surface area contributed by atoms with E-state index in [1.165, 1.54) is 5.56 Å². The smallest absolute Gasteiger partial charge is 0.305 e. The molecule has 0 saturated carbocycles. The predicted molar refractivity (Wildman–Crippen MR) is 184 cm³/mol. The van der Waals surface area contributed by atoms with E-state index in [2.05, 4.69) is 30.2 Å². The first-order valence-electron chi connectivity index (χ1n) is 16.5. The highest BCUT2D eigenvalue weighted by Gasteiger charge is 2.19. The largest absolute Gasteiger partial charge is 0.481 e. The van der Waals surface area contributed by atoms with Gasteiger partial charge in [0.25, 0.3) is 0 Å². The molecule has 48 heavy (non-hydrogen) atoms. The molecule has 264 valence electrons. The molecule has 3 N–H and O–H groups in total. The van der Waals surface area contributed by atoms with Crippen molar-refractivity contribution in [2.45, 2.75) is 52.0 Å². The number of carboxylic acids is 1. The Morgan fingerprint density at radius 1 is 0.708 bits per heavy atom. The molecule has 0 bridgehead atoms. The highest BCUT2D eigenvalue weighted by atomic mass is 16.6. The molecule has 0 aliphatic heterocycles. The summed E-state index contributed by atoms with van der Waals surface area (Å²) < 4.78 is 21.3. The molecule has 0 atom stereocenters. The lowest BCUT2D eigenvalue weighted by Crippen LogP contribution is -2.35. The van der Waals surface area contributed by atoms with Gasteiger partial charge in [0, 0.05) is 32.4 Å². The van der Waals surface area contributed by atoms with E-state index in [1.54, 1.807) is 11.0 Å². The predicted octanol–water partition coefficient (Wildman–Crippen LogP) is 3.76. The second kappa shape index (κ2) is 25.0. The van der Waals surface area contributed by atoms with Crippen molar-refractivity contribution < 1.29 is 43.2 Å². The lowest BCUT2D eigenvalue weighted by atomic mass is 10.0. The van der Waals surface area contributed by atoms with Crippen molar-refractivity contribution in [3.05, 3.63) is 71.8 Å². The van der Waals surface area contributed by atoms with E-state index < -0.39 is 5.97 Å². The minimum atomic E-state index is -0.895. The maximum absolute atomic E-state index is 13.4. The van der Waals surface area contributed by atoms with Crippen LogP contribution in [0.1, 0.15) is 55.7 Å². The number of aliphatic carboxylic acids is 1. The molecule has 0 spiro atoms. The molecular weight excluding hydrogens is 618 g/mol. The Bertz CT molecular complexity index is 1270. The van der Waals surface area contributed by atoms with Crippen LogP contribution in [0, 0.1) is 0 Å². The summed E-state index contributed by atoms with van der Waals surface area (Å²) in [5.41, 5.74) is 3.88. The Morgan fingerprint density at radius 2 is 1.25 bits per heavy atom. The van der Waals surface area contributed by atoms with Gasteiger partial charge in [-0.25, -0.2) is 0 Å². The first-order chi connectivity index (χ1) is 23.3. The van der Waals surface area contributed by atoms with Crippen LogP contribution in [0.3, 0.4) is 0 Å². The lowest BCUT2D eigenvalue weighted by Gasteiger charge is -2.26. The molecule has 0 radical (unpaired) electrons. The number of hydrogen-bond acceptors (Lipinski definition) is 8. The van der Waals surface area contributed by atoms with Crippen LogP contribution in [0.4, 0.5) is 5.69 Å². The van der Waals surface area contributed by atoms with Crippen LogP contribution in [-0.4, -0.2) is 94.7 Å². The molecule has 0 saturated heterocycles. The summed E-state index contributed by atoms with van der Waals surface area (Å²) in [4.78, 5) is 50.1. The van der Waals surface area contributed by atoms with Gasteiger partial charge in [-0.1, -0.05) is 62.0 Å². The molecule has 0 fully saturated rings. The van der Waals surface area contributed by atoms with Crippen LogP contribution in [0.15, 0.2) is 55.1 Å². The van der Waals surface area contributed by atoms with Crippen molar-refractivity contribution in [1.29, 1.82) is 0 Å². The molecule has 0 unspecified atom stereocenters. The number of ether oxygens (including phenoxy) is 4. The van der Waals surface area contributed by atoms with Crippen molar-refractivity contribution in [2.24, 2.45) is 0 Å². The number of benzene rings is 2. The van der Waals surface area contributed by atoms with Crippen LogP contribution in [0.5, 0.6) is 0 Å². The Hall–Kier alpha value is -4.10. The normalized spacial score (nSPS) is 10.8. The number of carboxylic acid groups (broad SMARTS) is 1. The zero-order valence-electron chi connectivity index (χ0n) is 28.1. The van der Waals surface area contributed by atoms with Crippen LogP contribution < -0.4 is 15.5 Å². The van der Waals surface area contributed by atoms with Gasteiger partial charge in [0.05, 0.1) is 71.5 Å². The number of rotatable bonds is 27. The van der Waals surface area contributed by atoms with Gasteiger partial charge in [0.15, 0.2) is 0 Å². The minimum Gasteiger partial charge on any atom is -0.481 e. The summed E-state index contributed by atoms with van der Waals surface area (Å²) in [6.07, 6.45) is 3.49. The number of amides is 3. The summed E-state index contributed by atoms with van der Waals surface area (Å²) in [7, 11) is 0. The fraction of sp³-hybridized carbons (Fsp3) is 0.500. The van der Waals surface area contributed by atoms with Gasteiger partial charge >= 0.3 is 5.97 Å². The number of para-hydroxylation sites is 1. The molecule has 0 aromatic heterocycles. The fourth-order valence-corrected chi connectivity index (χ4v) is 4.65. The van der Waals surface area contributed by atoms with Gasteiger partial charge in [0.2, 0.25) is 17.7 Å². The highest BCUT2D eigenvalue weighted by molar-refractivity contribution is 5.95. The zero-order chi connectivity index (χ0) is 34.8. The SMILES string of the molecule is C=Cc1ccccc1N(Cc1ccccc1CC)C(=O)CCNC(=O)CCCC(=O)NCCOCCOCCOCCOCCC(=O)O. The fourth-order valence-electron chi connectivity index (χ4n) is 4.65. The van der Waals surface area contributed by atoms with Crippen molar-refractivity contribution >= 4 is 35.5 Å². The summed E-state index contributed by atoms with van der Waals surface area (Å²) in [6.45, 7) is 9.73. The van der Waals surface area contributed by atoms with Gasteiger partial charge in [-0.15, -0.1) is 0 Å². The van der Waals surface area contributed by atoms with E-state index in [1.807, 2.05) is 42.5 Å². The summed E-state index contributed by atoms with van der Waals surface area (Å²) in [5.74, 6) is -1.37. The van der Waals surface area contributed by atoms with E-state index in [9.17, 15) is 19.2 Å². The lowest BCUT2D eigenvalue weighted by molar-refractivity contribution is -0.138. The van der Waals surface area contributed by atoms with Crippen LogP contribution in [-0.2, 0) is 51.1 Å². The summed E-state index contributed by atoms with van der Waals surface area (Å²) in [5, 5.41) is 14.1. The Kier molecular flexibility index (Phi) is 20.9. The van der Waals surface area contributed by atoms with Gasteiger partial charge in [0.1, 0.15) is 0 Å². The molecule has 12 nitrogen and oxygen atoms in total. The van der Waals surface area contributed by atoms with E-state index in [0.717, 1.165) is 23.2 Å². The maximum atomic E-state index is 13.4. The third-order valence-electron chi connectivity index (χ3n) is 7.19. The molecule has 2 aromatic rings. The Morgan fingerprint density at radius 3 is 1.85 bits per heavy atom. The monoisotopic (exact) mass is 669 g/mol. The Balaban J connectivity index is 1.56. The minimum absolute atomic E-state index is 0.0271. The maximum Gasteiger partial charge on any atom is 0.305 e. The van der Waals surface area contributed by atoms with E-state index in [-0.39, 0.29) is 56.6 Å². The van der Waals surface area contributed by atoms with Gasteiger partial charge in [-0.3, -0.25) is 19.2 Å². The topological polar surface area (TPSA) is 153 Å². The van der Waals surface area contributed by atoms with Crippen molar-refractivity contribution in [2.75, 3.05) is 70.8 Å². The van der Waals surface area contributed by atoms with Gasteiger partial charge in [-0.05, 0) is 35.6 Å². The van der Waals surface area contributed by atoms with E-state index in [4.69, 9.17) is 24.1 Å². The van der Waals surface area contributed by atoms with Crippen LogP contribution in [0.25, 0.3) is 6.08 Å². The number of carbonyl (C=O) groups is 4. The average molecular weight is 670 g/mol. The molecule has 0 heterocycles. The second-order valence-corrected chi connectivity index (χ2v) is 10.8. The number of nitrogens with one attached hydrogen (secondary N) is 2. The third kappa shape index (κ3) is 17.2. The zero-order valence-corrected chi connectivity index (χ0v) is 28.1. The Labute approximate surface area is 283 Å². The first-order valence-corrected chi connectivity index (χ1v) is 16.5. The second-order valence-electron chi connectivity index (χ2n) is 10.8.